The Morgan fingerprint density at radius 2 is 1.89 bits per heavy atom. The van der Waals surface area contributed by atoms with Crippen LogP contribution < -0.4 is 0 Å². The van der Waals surface area contributed by atoms with E-state index in [1.54, 1.807) is 0 Å². The lowest BCUT2D eigenvalue weighted by Crippen LogP contribution is -2.62. The molecule has 0 aromatic carbocycles. The molecule has 1 aromatic rings. The van der Waals surface area contributed by atoms with Gasteiger partial charge in [0.05, 0.1) is 6.61 Å². The van der Waals surface area contributed by atoms with Gasteiger partial charge < -0.3 is 9.64 Å². The lowest BCUT2D eigenvalue weighted by molar-refractivity contribution is -0.0459. The monoisotopic (exact) mass is 386 g/mol. The first-order valence-corrected chi connectivity index (χ1v) is 11.6. The minimum absolute atomic E-state index is 0.518. The van der Waals surface area contributed by atoms with Gasteiger partial charge >= 0.3 is 0 Å². The Hall–Kier alpha value is -1.01. The maximum atomic E-state index is 6.27. The quantitative estimate of drug-likeness (QED) is 0.641. The average molecular weight is 387 g/mol. The molecule has 3 aliphatic heterocycles. The van der Waals surface area contributed by atoms with E-state index in [9.17, 15) is 0 Å². The summed E-state index contributed by atoms with van der Waals surface area (Å²) in [7, 11) is 0. The standard InChI is InChI=1S/C23H38N4O/c1-3-11-25(12-4-1)13-7-17-28-20-23-22-9-2-5-14-26(22)15-16-27(23)19-21-8-6-10-24-18-21/h6,8,10,18,22-23H,1-5,7,9,11-17,19-20H2/t22-,23+/m1/s1. The van der Waals surface area contributed by atoms with Crippen molar-refractivity contribution in [2.75, 3.05) is 52.5 Å². The van der Waals surface area contributed by atoms with Gasteiger partial charge in [0.15, 0.2) is 0 Å². The van der Waals surface area contributed by atoms with Gasteiger partial charge in [0.1, 0.15) is 0 Å². The lowest BCUT2D eigenvalue weighted by Gasteiger charge is -2.49. The Labute approximate surface area is 171 Å². The Balaban J connectivity index is 1.28. The van der Waals surface area contributed by atoms with E-state index in [-0.39, 0.29) is 0 Å². The highest BCUT2D eigenvalue weighted by Gasteiger charge is 2.37. The lowest BCUT2D eigenvalue weighted by atomic mass is 9.92. The summed E-state index contributed by atoms with van der Waals surface area (Å²) in [6, 6.07) is 5.44. The first kappa shape index (κ1) is 20.3. The zero-order valence-electron chi connectivity index (χ0n) is 17.5. The summed E-state index contributed by atoms with van der Waals surface area (Å²) in [6.07, 6.45) is 13.3. The van der Waals surface area contributed by atoms with Gasteiger partial charge in [-0.1, -0.05) is 18.9 Å². The summed E-state index contributed by atoms with van der Waals surface area (Å²) < 4.78 is 6.27. The van der Waals surface area contributed by atoms with Gasteiger partial charge in [-0.15, -0.1) is 0 Å². The van der Waals surface area contributed by atoms with E-state index < -0.39 is 0 Å². The van der Waals surface area contributed by atoms with Crippen LogP contribution in [0.4, 0.5) is 0 Å². The molecule has 0 N–H and O–H groups in total. The van der Waals surface area contributed by atoms with Gasteiger partial charge in [0.2, 0.25) is 0 Å². The van der Waals surface area contributed by atoms with Crippen molar-refractivity contribution in [3.63, 3.8) is 0 Å². The number of piperazine rings is 1. The molecule has 28 heavy (non-hydrogen) atoms. The van der Waals surface area contributed by atoms with Crippen LogP contribution in [0.2, 0.25) is 0 Å². The molecule has 4 heterocycles. The van der Waals surface area contributed by atoms with Crippen molar-refractivity contribution in [1.29, 1.82) is 0 Å². The van der Waals surface area contributed by atoms with E-state index in [0.717, 1.165) is 26.3 Å². The number of nitrogens with zero attached hydrogens (tertiary/aromatic N) is 4. The highest BCUT2D eigenvalue weighted by molar-refractivity contribution is 5.09. The number of fused-ring (bicyclic) bond motifs is 1. The summed E-state index contributed by atoms with van der Waals surface area (Å²) in [6.45, 7) is 10.2. The fraction of sp³-hybridized carbons (Fsp3) is 0.783. The van der Waals surface area contributed by atoms with Crippen molar-refractivity contribution in [3.8, 4) is 0 Å². The maximum Gasteiger partial charge on any atom is 0.0637 e. The number of hydrogen-bond donors (Lipinski definition) is 0. The molecule has 3 saturated heterocycles. The molecule has 3 fully saturated rings. The normalized spacial score (nSPS) is 27.6. The summed E-state index contributed by atoms with van der Waals surface area (Å²) in [5.74, 6) is 0. The molecule has 4 rings (SSSR count). The zero-order valence-corrected chi connectivity index (χ0v) is 17.5. The first-order chi connectivity index (χ1) is 13.9. The molecule has 2 atom stereocenters. The summed E-state index contributed by atoms with van der Waals surface area (Å²) in [5, 5.41) is 0. The van der Waals surface area contributed by atoms with E-state index in [1.165, 1.54) is 83.2 Å². The van der Waals surface area contributed by atoms with Crippen LogP contribution in [0.15, 0.2) is 24.5 Å². The molecule has 5 heteroatoms. The number of hydrogen-bond acceptors (Lipinski definition) is 5. The SMILES string of the molecule is c1cncc(CN2CCN3CCCC[C@@H]3[C@@H]2COCCCN2CCCCC2)c1. The molecular formula is C23H38N4O. The van der Waals surface area contributed by atoms with Crippen LogP contribution in [0.5, 0.6) is 0 Å². The van der Waals surface area contributed by atoms with Crippen molar-refractivity contribution in [2.45, 2.75) is 63.6 Å². The number of aromatic nitrogens is 1. The van der Waals surface area contributed by atoms with E-state index in [0.29, 0.717) is 12.1 Å². The Morgan fingerprint density at radius 1 is 1.00 bits per heavy atom. The third kappa shape index (κ3) is 5.53. The van der Waals surface area contributed by atoms with Gasteiger partial charge in [-0.25, -0.2) is 0 Å². The number of pyridine rings is 1. The molecular weight excluding hydrogens is 348 g/mol. The van der Waals surface area contributed by atoms with Crippen molar-refractivity contribution in [2.24, 2.45) is 0 Å². The van der Waals surface area contributed by atoms with Crippen molar-refractivity contribution >= 4 is 0 Å². The van der Waals surface area contributed by atoms with Crippen molar-refractivity contribution in [1.82, 2.24) is 19.7 Å². The van der Waals surface area contributed by atoms with Crippen molar-refractivity contribution < 1.29 is 4.74 Å². The Bertz CT molecular complexity index is 563. The van der Waals surface area contributed by atoms with Crippen LogP contribution in [-0.2, 0) is 11.3 Å². The predicted octanol–water partition coefficient (Wildman–Crippen LogP) is 3.01. The number of ether oxygens (including phenoxy) is 1. The molecule has 3 aliphatic rings. The number of likely N-dealkylation sites (tertiary alicyclic amines) is 1. The smallest absolute Gasteiger partial charge is 0.0637 e. The second-order valence-electron chi connectivity index (χ2n) is 8.83. The topological polar surface area (TPSA) is 31.8 Å². The zero-order chi connectivity index (χ0) is 19.0. The fourth-order valence-electron chi connectivity index (χ4n) is 5.31. The second-order valence-corrected chi connectivity index (χ2v) is 8.83. The molecule has 5 nitrogen and oxygen atoms in total. The predicted molar refractivity (Wildman–Crippen MR) is 113 cm³/mol. The van der Waals surface area contributed by atoms with E-state index in [2.05, 4.69) is 31.8 Å². The number of piperidine rings is 2. The minimum atomic E-state index is 0.518. The molecule has 1 aromatic heterocycles. The van der Waals surface area contributed by atoms with E-state index in [4.69, 9.17) is 4.74 Å². The molecule has 0 radical (unpaired) electrons. The molecule has 156 valence electrons. The molecule has 0 unspecified atom stereocenters. The summed E-state index contributed by atoms with van der Waals surface area (Å²) >= 11 is 0. The van der Waals surface area contributed by atoms with Gasteiger partial charge in [0, 0.05) is 57.3 Å². The van der Waals surface area contributed by atoms with Crippen LogP contribution in [0.25, 0.3) is 0 Å². The Kier molecular flexibility index (Phi) is 7.73. The van der Waals surface area contributed by atoms with Gasteiger partial charge in [-0.05, 0) is 63.4 Å². The Morgan fingerprint density at radius 3 is 2.75 bits per heavy atom. The fourth-order valence-corrected chi connectivity index (χ4v) is 5.31. The van der Waals surface area contributed by atoms with Crippen LogP contribution in [0.3, 0.4) is 0 Å². The van der Waals surface area contributed by atoms with Crippen LogP contribution in [0, 0.1) is 0 Å². The van der Waals surface area contributed by atoms with E-state index in [1.807, 2.05) is 12.4 Å². The summed E-state index contributed by atoms with van der Waals surface area (Å²) in [4.78, 5) is 12.3. The van der Waals surface area contributed by atoms with Crippen LogP contribution in [-0.4, -0.2) is 84.2 Å². The highest BCUT2D eigenvalue weighted by atomic mass is 16.5. The van der Waals surface area contributed by atoms with E-state index >= 15 is 0 Å². The molecule has 0 amide bonds. The van der Waals surface area contributed by atoms with Crippen LogP contribution >= 0.6 is 0 Å². The third-order valence-electron chi connectivity index (χ3n) is 6.86. The minimum Gasteiger partial charge on any atom is -0.380 e. The largest absolute Gasteiger partial charge is 0.380 e. The van der Waals surface area contributed by atoms with Gasteiger partial charge in [-0.3, -0.25) is 14.8 Å². The highest BCUT2D eigenvalue weighted by Crippen LogP contribution is 2.27. The van der Waals surface area contributed by atoms with Crippen LogP contribution in [0.1, 0.15) is 50.5 Å². The molecule has 0 spiro atoms. The van der Waals surface area contributed by atoms with Gasteiger partial charge in [0.25, 0.3) is 0 Å². The van der Waals surface area contributed by atoms with Crippen molar-refractivity contribution in [3.05, 3.63) is 30.1 Å². The summed E-state index contributed by atoms with van der Waals surface area (Å²) in [5.41, 5.74) is 1.32. The first-order valence-electron chi connectivity index (χ1n) is 11.6. The number of rotatable bonds is 8. The third-order valence-corrected chi connectivity index (χ3v) is 6.86. The molecule has 0 saturated carbocycles. The second kappa shape index (κ2) is 10.7. The molecule has 0 bridgehead atoms. The van der Waals surface area contributed by atoms with Gasteiger partial charge in [-0.2, -0.15) is 0 Å². The maximum absolute atomic E-state index is 6.27. The average Bonchev–Trinajstić information content (AvgIpc) is 2.76. The molecule has 0 aliphatic carbocycles.